The van der Waals surface area contributed by atoms with Crippen molar-refractivity contribution in [3.05, 3.63) is 23.8 Å². The number of fused-ring (bicyclic) bond motifs is 2. The van der Waals surface area contributed by atoms with Crippen LogP contribution in [0.5, 0.6) is 0 Å². The largest absolute Gasteiger partial charge is 0.371 e. The van der Waals surface area contributed by atoms with Crippen LogP contribution < -0.4 is 10.2 Å². The Balaban J connectivity index is 1.61. The molecule has 1 aromatic rings. The first-order valence-electron chi connectivity index (χ1n) is 10.9. The molecule has 2 aliphatic carbocycles. The van der Waals surface area contributed by atoms with Crippen LogP contribution in [0.3, 0.4) is 0 Å². The van der Waals surface area contributed by atoms with E-state index in [9.17, 15) is 13.2 Å². The molecule has 0 radical (unpaired) electrons. The molecule has 4 atom stereocenters. The highest BCUT2D eigenvalue weighted by Crippen LogP contribution is 2.49. The number of anilines is 1. The molecule has 1 heterocycles. The Kier molecular flexibility index (Phi) is 5.64. The van der Waals surface area contributed by atoms with Gasteiger partial charge in [0, 0.05) is 38.9 Å². The van der Waals surface area contributed by atoms with Crippen molar-refractivity contribution in [1.29, 1.82) is 0 Å². The van der Waals surface area contributed by atoms with Crippen molar-refractivity contribution in [2.45, 2.75) is 56.4 Å². The van der Waals surface area contributed by atoms with Crippen molar-refractivity contribution < 1.29 is 13.2 Å². The minimum absolute atomic E-state index is 0.110. The minimum Gasteiger partial charge on any atom is -0.371 e. The Morgan fingerprint density at radius 2 is 1.90 bits per heavy atom. The number of amides is 1. The van der Waals surface area contributed by atoms with Gasteiger partial charge in [-0.15, -0.1) is 0 Å². The van der Waals surface area contributed by atoms with Crippen LogP contribution >= 0.6 is 0 Å². The molecule has 0 spiro atoms. The van der Waals surface area contributed by atoms with Crippen LogP contribution in [-0.4, -0.2) is 51.9 Å². The summed E-state index contributed by atoms with van der Waals surface area (Å²) >= 11 is 0. The molecule has 2 bridgehead atoms. The second-order valence-corrected chi connectivity index (χ2v) is 11.4. The lowest BCUT2D eigenvalue weighted by atomic mass is 9.84. The summed E-state index contributed by atoms with van der Waals surface area (Å²) in [5, 5.41) is 3.22. The van der Waals surface area contributed by atoms with E-state index in [4.69, 9.17) is 0 Å². The molecule has 1 aromatic carbocycles. The van der Waals surface area contributed by atoms with Gasteiger partial charge in [0.2, 0.25) is 10.0 Å². The summed E-state index contributed by atoms with van der Waals surface area (Å²) in [5.41, 5.74) is 1.32. The molecule has 0 unspecified atom stereocenters. The number of nitrogens with one attached hydrogen (secondary N) is 1. The zero-order valence-electron chi connectivity index (χ0n) is 17.7. The summed E-state index contributed by atoms with van der Waals surface area (Å²) in [4.78, 5) is 15.7. The third-order valence-corrected chi connectivity index (χ3v) is 9.04. The van der Waals surface area contributed by atoms with E-state index < -0.39 is 10.0 Å². The van der Waals surface area contributed by atoms with Gasteiger partial charge in [0.1, 0.15) is 0 Å². The van der Waals surface area contributed by atoms with E-state index in [1.807, 2.05) is 0 Å². The van der Waals surface area contributed by atoms with Crippen LogP contribution in [0.25, 0.3) is 0 Å². The van der Waals surface area contributed by atoms with Crippen LogP contribution in [0, 0.1) is 17.8 Å². The maximum Gasteiger partial charge on any atom is 0.253 e. The molecular weight excluding hydrogens is 386 g/mol. The first kappa shape index (κ1) is 20.7. The Morgan fingerprint density at radius 1 is 1.17 bits per heavy atom. The summed E-state index contributed by atoms with van der Waals surface area (Å²) in [5.74, 6) is 1.95. The lowest BCUT2D eigenvalue weighted by Gasteiger charge is -2.29. The van der Waals surface area contributed by atoms with Gasteiger partial charge in [0.25, 0.3) is 5.91 Å². The van der Waals surface area contributed by atoms with Gasteiger partial charge in [0.15, 0.2) is 0 Å². The summed E-state index contributed by atoms with van der Waals surface area (Å²) in [6.45, 7) is 3.92. The molecule has 160 valence electrons. The quantitative estimate of drug-likeness (QED) is 0.769. The molecule has 29 heavy (non-hydrogen) atoms. The van der Waals surface area contributed by atoms with Gasteiger partial charge >= 0.3 is 0 Å². The standard InChI is InChI=1S/C22H33N3O3S/c1-15(19-13-16-6-7-17(19)12-16)23-22(26)20-14-18(29(27,28)24(2)3)8-9-21(20)25-10-4-5-11-25/h8-9,14-17,19H,4-7,10-13H2,1-3H3,(H,23,26)/t15-,16+,17-,19+/m0/s1. The molecule has 7 heteroatoms. The monoisotopic (exact) mass is 419 g/mol. The molecule has 1 aliphatic heterocycles. The number of nitrogens with zero attached hydrogens (tertiary/aromatic N) is 2. The lowest BCUT2D eigenvalue weighted by Crippen LogP contribution is -2.40. The maximum atomic E-state index is 13.3. The molecule has 3 aliphatic rings. The van der Waals surface area contributed by atoms with E-state index in [0.717, 1.165) is 43.5 Å². The SMILES string of the molecule is C[C@H](NC(=O)c1cc(S(=O)(=O)N(C)C)ccc1N1CCCC1)[C@H]1C[C@@H]2CC[C@H]1C2. The molecular formula is C22H33N3O3S. The van der Waals surface area contributed by atoms with E-state index in [-0.39, 0.29) is 16.8 Å². The molecule has 1 amide bonds. The molecule has 4 rings (SSSR count). The number of rotatable bonds is 6. The van der Waals surface area contributed by atoms with Crippen LogP contribution in [0.2, 0.25) is 0 Å². The molecule has 2 saturated carbocycles. The first-order chi connectivity index (χ1) is 13.8. The zero-order chi connectivity index (χ0) is 20.8. The second kappa shape index (κ2) is 7.91. The highest BCUT2D eigenvalue weighted by atomic mass is 32.2. The van der Waals surface area contributed by atoms with Crippen LogP contribution in [0.15, 0.2) is 23.1 Å². The Hall–Kier alpha value is -1.60. The van der Waals surface area contributed by atoms with Crippen LogP contribution in [0.1, 0.15) is 55.8 Å². The molecule has 1 N–H and O–H groups in total. The fourth-order valence-corrected chi connectivity index (χ4v) is 6.53. The Morgan fingerprint density at radius 3 is 2.48 bits per heavy atom. The van der Waals surface area contributed by atoms with Crippen LogP contribution in [0.4, 0.5) is 5.69 Å². The van der Waals surface area contributed by atoms with Crippen molar-refractivity contribution in [1.82, 2.24) is 9.62 Å². The van der Waals surface area contributed by atoms with Gasteiger partial charge in [-0.1, -0.05) is 6.42 Å². The van der Waals surface area contributed by atoms with Gasteiger partial charge in [0.05, 0.1) is 10.5 Å². The average molecular weight is 420 g/mol. The van der Waals surface area contributed by atoms with E-state index in [2.05, 4.69) is 17.1 Å². The predicted molar refractivity (Wildman–Crippen MR) is 115 cm³/mol. The van der Waals surface area contributed by atoms with E-state index >= 15 is 0 Å². The third kappa shape index (κ3) is 3.91. The van der Waals surface area contributed by atoms with E-state index in [1.54, 1.807) is 18.2 Å². The summed E-state index contributed by atoms with van der Waals surface area (Å²) in [7, 11) is -0.560. The van der Waals surface area contributed by atoms with Gasteiger partial charge in [-0.3, -0.25) is 4.79 Å². The van der Waals surface area contributed by atoms with E-state index in [1.165, 1.54) is 44.1 Å². The zero-order valence-corrected chi connectivity index (χ0v) is 18.5. The average Bonchev–Trinajstić information content (AvgIpc) is 3.45. The summed E-state index contributed by atoms with van der Waals surface area (Å²) in [6, 6.07) is 5.10. The maximum absolute atomic E-state index is 13.3. The fraction of sp³-hybridized carbons (Fsp3) is 0.682. The van der Waals surface area contributed by atoms with Crippen molar-refractivity contribution in [3.63, 3.8) is 0 Å². The van der Waals surface area contributed by atoms with Gasteiger partial charge < -0.3 is 10.2 Å². The van der Waals surface area contributed by atoms with Gasteiger partial charge in [-0.05, 0) is 75.0 Å². The Labute approximate surface area is 174 Å². The van der Waals surface area contributed by atoms with Crippen molar-refractivity contribution in [2.75, 3.05) is 32.1 Å². The predicted octanol–water partition coefficient (Wildman–Crippen LogP) is 3.09. The smallest absolute Gasteiger partial charge is 0.253 e. The highest BCUT2D eigenvalue weighted by molar-refractivity contribution is 7.89. The summed E-state index contributed by atoms with van der Waals surface area (Å²) < 4.78 is 26.5. The number of hydrogen-bond donors (Lipinski definition) is 1. The molecule has 0 aromatic heterocycles. The van der Waals surface area contributed by atoms with Gasteiger partial charge in [-0.25, -0.2) is 12.7 Å². The number of benzene rings is 1. The lowest BCUT2D eigenvalue weighted by molar-refractivity contribution is 0.0915. The van der Waals surface area contributed by atoms with E-state index in [0.29, 0.717) is 11.5 Å². The van der Waals surface area contributed by atoms with Crippen molar-refractivity contribution in [2.24, 2.45) is 17.8 Å². The highest BCUT2D eigenvalue weighted by Gasteiger charge is 2.42. The van der Waals surface area contributed by atoms with Gasteiger partial charge in [-0.2, -0.15) is 0 Å². The first-order valence-corrected chi connectivity index (χ1v) is 12.3. The Bertz CT molecular complexity index is 877. The summed E-state index contributed by atoms with van der Waals surface area (Å²) in [6.07, 6.45) is 7.33. The fourth-order valence-electron chi connectivity index (χ4n) is 5.60. The number of carbonyl (C=O) groups excluding carboxylic acids is 1. The normalized spacial score (nSPS) is 27.6. The number of hydrogen-bond acceptors (Lipinski definition) is 4. The molecule has 3 fully saturated rings. The van der Waals surface area contributed by atoms with Crippen molar-refractivity contribution in [3.8, 4) is 0 Å². The topological polar surface area (TPSA) is 69.7 Å². The number of sulfonamides is 1. The molecule has 1 saturated heterocycles. The third-order valence-electron chi connectivity index (χ3n) is 7.23. The minimum atomic E-state index is -3.59. The second-order valence-electron chi connectivity index (χ2n) is 9.26. The number of carbonyl (C=O) groups is 1. The van der Waals surface area contributed by atoms with Crippen LogP contribution in [-0.2, 0) is 10.0 Å². The van der Waals surface area contributed by atoms with Crippen molar-refractivity contribution >= 4 is 21.6 Å². The molecule has 6 nitrogen and oxygen atoms in total.